The molecule has 0 radical (unpaired) electrons. The second kappa shape index (κ2) is 7.92. The van der Waals surface area contributed by atoms with Gasteiger partial charge in [-0.15, -0.1) is 0 Å². The molecule has 2 N–H and O–H groups in total. The SMILES string of the molecule is COC1CCC(C2=NOC(CC(=O)O)(C(=O)O)C2)CC1OC1CCCC1. The predicted molar refractivity (Wildman–Crippen MR) is 91.0 cm³/mol. The highest BCUT2D eigenvalue weighted by atomic mass is 16.7. The fraction of sp³-hybridized carbons (Fsp3) is 0.833. The van der Waals surface area contributed by atoms with E-state index >= 15 is 0 Å². The Labute approximate surface area is 152 Å². The van der Waals surface area contributed by atoms with Crippen molar-refractivity contribution in [2.24, 2.45) is 11.1 Å². The van der Waals surface area contributed by atoms with Crippen LogP contribution in [-0.4, -0.2) is 58.9 Å². The molecule has 0 spiro atoms. The number of carboxylic acid groups (broad SMARTS) is 2. The summed E-state index contributed by atoms with van der Waals surface area (Å²) < 4.78 is 11.9. The van der Waals surface area contributed by atoms with Crippen molar-refractivity contribution >= 4 is 17.7 Å². The average Bonchev–Trinajstić information content (AvgIpc) is 3.25. The van der Waals surface area contributed by atoms with Crippen LogP contribution in [0.5, 0.6) is 0 Å². The van der Waals surface area contributed by atoms with Crippen LogP contribution < -0.4 is 0 Å². The van der Waals surface area contributed by atoms with Gasteiger partial charge in [0.15, 0.2) is 0 Å². The molecule has 1 aliphatic heterocycles. The van der Waals surface area contributed by atoms with E-state index in [4.69, 9.17) is 19.4 Å². The summed E-state index contributed by atoms with van der Waals surface area (Å²) in [5.41, 5.74) is -1.16. The number of methoxy groups -OCH3 is 1. The van der Waals surface area contributed by atoms with E-state index < -0.39 is 24.0 Å². The van der Waals surface area contributed by atoms with Crippen LogP contribution in [0.4, 0.5) is 0 Å². The molecular weight excluding hydrogens is 342 g/mol. The minimum Gasteiger partial charge on any atom is -0.481 e. The summed E-state index contributed by atoms with van der Waals surface area (Å²) in [6.07, 6.45) is 6.46. The van der Waals surface area contributed by atoms with Gasteiger partial charge >= 0.3 is 11.9 Å². The zero-order chi connectivity index (χ0) is 18.7. The quantitative estimate of drug-likeness (QED) is 0.707. The number of ether oxygens (including phenoxy) is 2. The van der Waals surface area contributed by atoms with Crippen LogP contribution in [0.2, 0.25) is 0 Å². The highest BCUT2D eigenvalue weighted by Gasteiger charge is 2.51. The van der Waals surface area contributed by atoms with Gasteiger partial charge in [-0.2, -0.15) is 0 Å². The van der Waals surface area contributed by atoms with Gasteiger partial charge < -0.3 is 24.5 Å². The van der Waals surface area contributed by atoms with Crippen molar-refractivity contribution in [3.8, 4) is 0 Å². The normalized spacial score (nSPS) is 35.1. The Morgan fingerprint density at radius 1 is 1.19 bits per heavy atom. The molecule has 146 valence electrons. The molecule has 2 saturated carbocycles. The van der Waals surface area contributed by atoms with Gasteiger partial charge in [-0.1, -0.05) is 18.0 Å². The zero-order valence-electron chi connectivity index (χ0n) is 15.1. The Morgan fingerprint density at radius 2 is 1.92 bits per heavy atom. The van der Waals surface area contributed by atoms with Gasteiger partial charge in [0, 0.05) is 19.4 Å². The third-order valence-corrected chi connectivity index (χ3v) is 5.81. The van der Waals surface area contributed by atoms with Gasteiger partial charge in [-0.05, 0) is 32.1 Å². The summed E-state index contributed by atoms with van der Waals surface area (Å²) in [5.74, 6) is -2.47. The van der Waals surface area contributed by atoms with Gasteiger partial charge in [0.1, 0.15) is 0 Å². The van der Waals surface area contributed by atoms with Crippen LogP contribution in [-0.2, 0) is 23.9 Å². The predicted octanol–water partition coefficient (Wildman–Crippen LogP) is 2.20. The molecule has 1 heterocycles. The summed E-state index contributed by atoms with van der Waals surface area (Å²) in [6.45, 7) is 0. The molecule has 2 fully saturated rings. The van der Waals surface area contributed by atoms with Gasteiger partial charge in [0.05, 0.1) is 30.4 Å². The van der Waals surface area contributed by atoms with Crippen LogP contribution >= 0.6 is 0 Å². The molecule has 4 unspecified atom stereocenters. The Balaban J connectivity index is 1.65. The second-order valence-electron chi connectivity index (χ2n) is 7.59. The first kappa shape index (κ1) is 19.1. The number of aliphatic carboxylic acids is 2. The summed E-state index contributed by atoms with van der Waals surface area (Å²) in [6, 6.07) is 0. The minimum atomic E-state index is -1.79. The maximum atomic E-state index is 11.6. The van der Waals surface area contributed by atoms with E-state index in [2.05, 4.69) is 5.16 Å². The first-order valence-corrected chi connectivity index (χ1v) is 9.32. The van der Waals surface area contributed by atoms with Crippen molar-refractivity contribution < 1.29 is 34.1 Å². The summed E-state index contributed by atoms with van der Waals surface area (Å²) in [7, 11) is 1.69. The van der Waals surface area contributed by atoms with Crippen molar-refractivity contribution in [1.82, 2.24) is 0 Å². The molecule has 4 atom stereocenters. The lowest BCUT2D eigenvalue weighted by atomic mass is 9.79. The van der Waals surface area contributed by atoms with Crippen LogP contribution in [0.3, 0.4) is 0 Å². The number of rotatable bonds is 7. The summed E-state index contributed by atoms with van der Waals surface area (Å²) in [5, 5.41) is 22.4. The first-order chi connectivity index (χ1) is 12.4. The molecular formula is C18H27NO7. The van der Waals surface area contributed by atoms with Gasteiger partial charge in [-0.25, -0.2) is 4.79 Å². The van der Waals surface area contributed by atoms with Crippen molar-refractivity contribution in [2.75, 3.05) is 7.11 Å². The van der Waals surface area contributed by atoms with E-state index in [0.717, 1.165) is 25.7 Å². The van der Waals surface area contributed by atoms with E-state index in [9.17, 15) is 14.7 Å². The van der Waals surface area contributed by atoms with Crippen LogP contribution in [0.15, 0.2) is 5.16 Å². The van der Waals surface area contributed by atoms with Crippen molar-refractivity contribution in [3.05, 3.63) is 0 Å². The van der Waals surface area contributed by atoms with Crippen LogP contribution in [0.25, 0.3) is 0 Å². The number of carbonyl (C=O) groups is 2. The number of nitrogens with zero attached hydrogens (tertiary/aromatic N) is 1. The number of hydrogen-bond donors (Lipinski definition) is 2. The number of hydrogen-bond acceptors (Lipinski definition) is 6. The lowest BCUT2D eigenvalue weighted by molar-refractivity contribution is -0.169. The molecule has 8 nitrogen and oxygen atoms in total. The smallest absolute Gasteiger partial charge is 0.351 e. The van der Waals surface area contributed by atoms with E-state index in [0.29, 0.717) is 12.1 Å². The summed E-state index contributed by atoms with van der Waals surface area (Å²) >= 11 is 0. The van der Waals surface area contributed by atoms with Crippen LogP contribution in [0.1, 0.15) is 57.8 Å². The summed E-state index contributed by atoms with van der Waals surface area (Å²) in [4.78, 5) is 27.8. The molecule has 0 amide bonds. The van der Waals surface area contributed by atoms with Gasteiger partial charge in [0.2, 0.25) is 5.60 Å². The maximum Gasteiger partial charge on any atom is 0.351 e. The van der Waals surface area contributed by atoms with Crippen molar-refractivity contribution in [2.45, 2.75) is 81.7 Å². The standard InChI is InChI=1S/C18H27NO7/c1-24-14-7-6-11(8-15(14)25-12-4-2-3-5-12)13-9-18(17(22)23,26-19-13)10-16(20)21/h11-12,14-15H,2-10H2,1H3,(H,20,21)(H,22,23). The van der Waals surface area contributed by atoms with Crippen LogP contribution in [0, 0.1) is 5.92 Å². The zero-order valence-corrected chi connectivity index (χ0v) is 15.1. The molecule has 0 aromatic rings. The Morgan fingerprint density at radius 3 is 2.54 bits per heavy atom. The largest absolute Gasteiger partial charge is 0.481 e. The molecule has 8 heteroatoms. The topological polar surface area (TPSA) is 115 Å². The molecule has 0 aromatic carbocycles. The molecule has 0 bridgehead atoms. The highest BCUT2D eigenvalue weighted by molar-refractivity contribution is 5.96. The first-order valence-electron chi connectivity index (χ1n) is 9.32. The van der Waals surface area contributed by atoms with Gasteiger partial charge in [-0.3, -0.25) is 4.79 Å². The monoisotopic (exact) mass is 369 g/mol. The lowest BCUT2D eigenvalue weighted by Crippen LogP contribution is -2.44. The second-order valence-corrected chi connectivity index (χ2v) is 7.59. The van der Waals surface area contributed by atoms with E-state index in [-0.39, 0.29) is 30.7 Å². The van der Waals surface area contributed by atoms with Crippen molar-refractivity contribution in [3.63, 3.8) is 0 Å². The Bertz CT molecular complexity index is 572. The van der Waals surface area contributed by atoms with E-state index in [1.54, 1.807) is 7.11 Å². The molecule has 0 saturated heterocycles. The molecule has 2 aliphatic carbocycles. The number of carboxylic acids is 2. The third kappa shape index (κ3) is 4.01. The molecule has 3 aliphatic rings. The van der Waals surface area contributed by atoms with Crippen molar-refractivity contribution in [1.29, 1.82) is 0 Å². The van der Waals surface area contributed by atoms with E-state index in [1.165, 1.54) is 12.8 Å². The lowest BCUT2D eigenvalue weighted by Gasteiger charge is -2.36. The average molecular weight is 369 g/mol. The number of oxime groups is 1. The molecule has 3 rings (SSSR count). The Kier molecular flexibility index (Phi) is 5.82. The van der Waals surface area contributed by atoms with E-state index in [1.807, 2.05) is 0 Å². The molecule has 26 heavy (non-hydrogen) atoms. The molecule has 0 aromatic heterocycles. The maximum absolute atomic E-state index is 11.6. The Hall–Kier alpha value is -1.67. The van der Waals surface area contributed by atoms with Gasteiger partial charge in [0.25, 0.3) is 0 Å². The fourth-order valence-electron chi connectivity index (χ4n) is 4.34. The highest BCUT2D eigenvalue weighted by Crippen LogP contribution is 2.38. The third-order valence-electron chi connectivity index (χ3n) is 5.81. The fourth-order valence-corrected chi connectivity index (χ4v) is 4.34. The minimum absolute atomic E-state index is 0.00704.